The first-order chi connectivity index (χ1) is 16.9. The standard InChI is InChI=1S/C25H30N6O4/c1-2-25(18-9-5-3-6-10-18)22(33)31(24(35)28-25)29-21(32)17-30-15-13-20(14-16-30)27-23(34)26-19-11-7-4-8-12-19/h3-12,20H,2,13-17H2,1H3,(H,28,35)(H,29,32)(H2,26,27,34). The van der Waals surface area contributed by atoms with Gasteiger partial charge in [0.25, 0.3) is 11.8 Å². The molecule has 2 aromatic carbocycles. The number of nitrogens with one attached hydrogen (secondary N) is 4. The number of para-hydroxylation sites is 1. The summed E-state index contributed by atoms with van der Waals surface area (Å²) < 4.78 is 0. The molecule has 1 unspecified atom stereocenters. The quantitative estimate of drug-likeness (QED) is 0.454. The molecule has 2 aromatic rings. The number of carbonyl (C=O) groups excluding carboxylic acids is 4. The summed E-state index contributed by atoms with van der Waals surface area (Å²) in [7, 11) is 0. The predicted molar refractivity (Wildman–Crippen MR) is 130 cm³/mol. The number of amides is 6. The van der Waals surface area contributed by atoms with Crippen LogP contribution in [-0.4, -0.2) is 59.5 Å². The summed E-state index contributed by atoms with van der Waals surface area (Å²) in [6.45, 7) is 3.07. The van der Waals surface area contributed by atoms with E-state index in [-0.39, 0.29) is 18.6 Å². The molecule has 0 spiro atoms. The Labute approximate surface area is 204 Å². The van der Waals surface area contributed by atoms with E-state index >= 15 is 0 Å². The normalized spacial score (nSPS) is 20.9. The third-order valence-electron chi connectivity index (χ3n) is 6.45. The van der Waals surface area contributed by atoms with Gasteiger partial charge >= 0.3 is 12.1 Å². The SMILES string of the molecule is CCC1(c2ccccc2)NC(=O)N(NC(=O)CN2CCC(NC(=O)Nc3ccccc3)CC2)C1=O. The molecule has 10 nitrogen and oxygen atoms in total. The van der Waals surface area contributed by atoms with E-state index in [1.165, 1.54) is 0 Å². The van der Waals surface area contributed by atoms with Crippen molar-refractivity contribution in [2.24, 2.45) is 0 Å². The third kappa shape index (κ3) is 5.43. The molecule has 6 amide bonds. The zero-order chi connectivity index (χ0) is 24.8. The summed E-state index contributed by atoms with van der Waals surface area (Å²) in [5.74, 6) is -0.946. The number of anilines is 1. The van der Waals surface area contributed by atoms with E-state index in [1.807, 2.05) is 48.2 Å². The van der Waals surface area contributed by atoms with Gasteiger partial charge in [-0.15, -0.1) is 0 Å². The lowest BCUT2D eigenvalue weighted by Crippen LogP contribution is -2.53. The van der Waals surface area contributed by atoms with Crippen LogP contribution in [-0.2, 0) is 15.1 Å². The fourth-order valence-electron chi connectivity index (χ4n) is 4.51. The summed E-state index contributed by atoms with van der Waals surface area (Å²) in [4.78, 5) is 52.5. The highest BCUT2D eigenvalue weighted by Crippen LogP contribution is 2.31. The van der Waals surface area contributed by atoms with Crippen LogP contribution in [0.4, 0.5) is 15.3 Å². The molecule has 10 heteroatoms. The van der Waals surface area contributed by atoms with Crippen LogP contribution in [0, 0.1) is 0 Å². The highest BCUT2D eigenvalue weighted by atomic mass is 16.2. The number of nitrogens with zero attached hydrogens (tertiary/aromatic N) is 2. The molecule has 1 atom stereocenters. The molecule has 2 heterocycles. The maximum atomic E-state index is 13.1. The smallest absolute Gasteiger partial charge is 0.335 e. The van der Waals surface area contributed by atoms with E-state index in [2.05, 4.69) is 21.4 Å². The van der Waals surface area contributed by atoms with Crippen molar-refractivity contribution in [1.29, 1.82) is 0 Å². The van der Waals surface area contributed by atoms with E-state index in [4.69, 9.17) is 0 Å². The van der Waals surface area contributed by atoms with Crippen LogP contribution >= 0.6 is 0 Å². The first kappa shape index (κ1) is 24.2. The summed E-state index contributed by atoms with van der Waals surface area (Å²) in [5.41, 5.74) is 2.66. The number of hydrogen-bond donors (Lipinski definition) is 4. The van der Waals surface area contributed by atoms with Gasteiger partial charge in [0.15, 0.2) is 0 Å². The average Bonchev–Trinajstić information content (AvgIpc) is 3.11. The van der Waals surface area contributed by atoms with Gasteiger partial charge in [0.1, 0.15) is 5.54 Å². The highest BCUT2D eigenvalue weighted by molar-refractivity contribution is 6.08. The average molecular weight is 479 g/mol. The molecule has 2 aliphatic heterocycles. The number of imide groups is 1. The van der Waals surface area contributed by atoms with Crippen molar-refractivity contribution >= 4 is 29.6 Å². The number of piperidine rings is 1. The van der Waals surface area contributed by atoms with Gasteiger partial charge in [0, 0.05) is 24.8 Å². The van der Waals surface area contributed by atoms with Crippen molar-refractivity contribution in [2.75, 3.05) is 25.0 Å². The fraction of sp³-hybridized carbons (Fsp3) is 0.360. The summed E-state index contributed by atoms with van der Waals surface area (Å²) in [6.07, 6.45) is 1.73. The minimum atomic E-state index is -1.20. The lowest BCUT2D eigenvalue weighted by atomic mass is 9.87. The molecule has 4 N–H and O–H groups in total. The van der Waals surface area contributed by atoms with Crippen molar-refractivity contribution in [1.82, 2.24) is 26.0 Å². The molecular formula is C25H30N6O4. The molecule has 0 radical (unpaired) electrons. The summed E-state index contributed by atoms with van der Waals surface area (Å²) >= 11 is 0. The van der Waals surface area contributed by atoms with Crippen LogP contribution in [0.1, 0.15) is 31.7 Å². The molecule has 2 fully saturated rings. The Hall–Kier alpha value is -3.92. The van der Waals surface area contributed by atoms with Gasteiger partial charge in [-0.1, -0.05) is 55.5 Å². The van der Waals surface area contributed by atoms with Crippen molar-refractivity contribution in [3.8, 4) is 0 Å². The van der Waals surface area contributed by atoms with Gasteiger partial charge in [-0.2, -0.15) is 5.01 Å². The van der Waals surface area contributed by atoms with Gasteiger partial charge in [0.05, 0.1) is 6.54 Å². The zero-order valence-electron chi connectivity index (χ0n) is 19.6. The predicted octanol–water partition coefficient (Wildman–Crippen LogP) is 2.16. The van der Waals surface area contributed by atoms with Crippen LogP contribution < -0.4 is 21.4 Å². The summed E-state index contributed by atoms with van der Waals surface area (Å²) in [6, 6.07) is 17.3. The summed E-state index contributed by atoms with van der Waals surface area (Å²) in [5, 5.41) is 9.29. The zero-order valence-corrected chi connectivity index (χ0v) is 19.6. The van der Waals surface area contributed by atoms with Crippen LogP contribution in [0.3, 0.4) is 0 Å². The minimum absolute atomic E-state index is 0.00000382. The van der Waals surface area contributed by atoms with Crippen LogP contribution in [0.25, 0.3) is 0 Å². The molecule has 0 bridgehead atoms. The Kier molecular flexibility index (Phi) is 7.31. The van der Waals surface area contributed by atoms with Gasteiger partial charge in [0.2, 0.25) is 0 Å². The molecule has 4 rings (SSSR count). The minimum Gasteiger partial charge on any atom is -0.335 e. The van der Waals surface area contributed by atoms with Crippen LogP contribution in [0.15, 0.2) is 60.7 Å². The Morgan fingerprint density at radius 2 is 1.63 bits per heavy atom. The van der Waals surface area contributed by atoms with Gasteiger partial charge in [-0.3, -0.25) is 19.9 Å². The molecular weight excluding hydrogens is 448 g/mol. The number of hydrazine groups is 1. The van der Waals surface area contributed by atoms with E-state index in [1.54, 1.807) is 24.3 Å². The second-order valence-corrected chi connectivity index (χ2v) is 8.75. The number of rotatable bonds is 7. The maximum absolute atomic E-state index is 13.1. The van der Waals surface area contributed by atoms with Gasteiger partial charge in [-0.05, 0) is 37.0 Å². The first-order valence-electron chi connectivity index (χ1n) is 11.8. The van der Waals surface area contributed by atoms with Gasteiger partial charge < -0.3 is 16.0 Å². The number of hydrogen-bond acceptors (Lipinski definition) is 5. The van der Waals surface area contributed by atoms with Crippen molar-refractivity contribution < 1.29 is 19.2 Å². The fourth-order valence-corrected chi connectivity index (χ4v) is 4.51. The molecule has 184 valence electrons. The van der Waals surface area contributed by atoms with E-state index in [9.17, 15) is 19.2 Å². The molecule has 35 heavy (non-hydrogen) atoms. The number of likely N-dealkylation sites (tertiary alicyclic amines) is 1. The number of benzene rings is 2. The Bertz CT molecular complexity index is 1070. The van der Waals surface area contributed by atoms with E-state index < -0.39 is 23.4 Å². The Morgan fingerprint density at radius 1 is 1.00 bits per heavy atom. The Morgan fingerprint density at radius 3 is 2.26 bits per heavy atom. The molecule has 0 aromatic heterocycles. The lowest BCUT2D eigenvalue weighted by Gasteiger charge is -2.32. The van der Waals surface area contributed by atoms with Crippen molar-refractivity contribution in [2.45, 2.75) is 37.8 Å². The highest BCUT2D eigenvalue weighted by Gasteiger charge is 2.52. The topological polar surface area (TPSA) is 123 Å². The largest absolute Gasteiger partial charge is 0.344 e. The van der Waals surface area contributed by atoms with Crippen LogP contribution in [0.5, 0.6) is 0 Å². The second-order valence-electron chi connectivity index (χ2n) is 8.75. The van der Waals surface area contributed by atoms with E-state index in [0.29, 0.717) is 37.9 Å². The molecule has 0 aliphatic carbocycles. The number of carbonyl (C=O) groups is 4. The number of urea groups is 2. The van der Waals surface area contributed by atoms with Crippen molar-refractivity contribution in [3.63, 3.8) is 0 Å². The van der Waals surface area contributed by atoms with Crippen LogP contribution in [0.2, 0.25) is 0 Å². The molecule has 0 saturated carbocycles. The maximum Gasteiger partial charge on any atom is 0.344 e. The van der Waals surface area contributed by atoms with Crippen molar-refractivity contribution in [3.05, 3.63) is 66.2 Å². The first-order valence-corrected chi connectivity index (χ1v) is 11.8. The lowest BCUT2D eigenvalue weighted by molar-refractivity contribution is -0.140. The second kappa shape index (κ2) is 10.6. The Balaban J connectivity index is 1.25. The third-order valence-corrected chi connectivity index (χ3v) is 6.45. The molecule has 2 saturated heterocycles. The van der Waals surface area contributed by atoms with E-state index in [0.717, 1.165) is 10.7 Å². The van der Waals surface area contributed by atoms with Gasteiger partial charge in [-0.25, -0.2) is 9.59 Å². The monoisotopic (exact) mass is 478 g/mol. The molecule has 2 aliphatic rings.